The molecule has 0 unspecified atom stereocenters. The molecule has 0 atom stereocenters. The van der Waals surface area contributed by atoms with E-state index in [1.165, 1.54) is 49.9 Å². The number of hydrogen-bond donors (Lipinski definition) is 2. The molecule has 136 valence electrons. The molecule has 0 bridgehead atoms. The summed E-state index contributed by atoms with van der Waals surface area (Å²) in [6.45, 7) is 10.5. The van der Waals surface area contributed by atoms with Gasteiger partial charge < -0.3 is 10.6 Å². The summed E-state index contributed by atoms with van der Waals surface area (Å²) in [6.07, 6.45) is 5.08. The molecule has 0 aliphatic carbocycles. The van der Waals surface area contributed by atoms with E-state index in [1.807, 2.05) is 0 Å². The lowest BCUT2D eigenvalue weighted by atomic mass is 10.1. The summed E-state index contributed by atoms with van der Waals surface area (Å²) in [4.78, 5) is 7.21. The predicted octanol–water partition coefficient (Wildman–Crippen LogP) is 3.76. The van der Waals surface area contributed by atoms with Gasteiger partial charge in [-0.2, -0.15) is 0 Å². The van der Waals surface area contributed by atoms with Crippen LogP contribution in [0.4, 0.5) is 0 Å². The Morgan fingerprint density at radius 2 is 1.71 bits per heavy atom. The van der Waals surface area contributed by atoms with Crippen molar-refractivity contribution in [3.05, 3.63) is 35.4 Å². The number of nitrogens with one attached hydrogen (secondary N) is 2. The van der Waals surface area contributed by atoms with Gasteiger partial charge in [0.2, 0.25) is 0 Å². The highest BCUT2D eigenvalue weighted by molar-refractivity contribution is 14.0. The van der Waals surface area contributed by atoms with Gasteiger partial charge in [0.15, 0.2) is 5.96 Å². The summed E-state index contributed by atoms with van der Waals surface area (Å²) in [5.74, 6) is 0.919. The summed E-state index contributed by atoms with van der Waals surface area (Å²) in [7, 11) is 0. The summed E-state index contributed by atoms with van der Waals surface area (Å²) in [5, 5.41) is 6.69. The maximum absolute atomic E-state index is 4.67. The predicted molar refractivity (Wildman–Crippen MR) is 114 cm³/mol. The van der Waals surface area contributed by atoms with Crippen LogP contribution in [0.2, 0.25) is 0 Å². The largest absolute Gasteiger partial charge is 0.357 e. The van der Waals surface area contributed by atoms with Crippen molar-refractivity contribution in [1.29, 1.82) is 0 Å². The van der Waals surface area contributed by atoms with Gasteiger partial charge in [0, 0.05) is 19.6 Å². The van der Waals surface area contributed by atoms with Crippen molar-refractivity contribution in [3.8, 4) is 0 Å². The van der Waals surface area contributed by atoms with Gasteiger partial charge in [-0.25, -0.2) is 4.99 Å². The summed E-state index contributed by atoms with van der Waals surface area (Å²) >= 11 is 0. The van der Waals surface area contributed by atoms with Crippen LogP contribution < -0.4 is 10.6 Å². The Morgan fingerprint density at radius 3 is 2.33 bits per heavy atom. The van der Waals surface area contributed by atoms with Crippen LogP contribution in [-0.2, 0) is 13.1 Å². The second-order valence-corrected chi connectivity index (χ2v) is 6.28. The van der Waals surface area contributed by atoms with E-state index in [0.717, 1.165) is 32.1 Å². The third kappa shape index (κ3) is 7.83. The first kappa shape index (κ1) is 21.2. The van der Waals surface area contributed by atoms with Crippen molar-refractivity contribution in [2.75, 3.05) is 26.2 Å². The second-order valence-electron chi connectivity index (χ2n) is 6.28. The van der Waals surface area contributed by atoms with Crippen molar-refractivity contribution in [2.45, 2.75) is 52.6 Å². The van der Waals surface area contributed by atoms with Gasteiger partial charge in [0.1, 0.15) is 0 Å². The fourth-order valence-electron chi connectivity index (χ4n) is 2.84. The fourth-order valence-corrected chi connectivity index (χ4v) is 2.84. The Kier molecular flexibility index (Phi) is 11.1. The third-order valence-corrected chi connectivity index (χ3v) is 4.21. The van der Waals surface area contributed by atoms with Crippen LogP contribution in [0, 0.1) is 0 Å². The molecule has 4 nitrogen and oxygen atoms in total. The van der Waals surface area contributed by atoms with E-state index in [0.29, 0.717) is 0 Å². The van der Waals surface area contributed by atoms with Gasteiger partial charge in [0.05, 0.1) is 6.54 Å². The number of hydrogen-bond acceptors (Lipinski definition) is 2. The lowest BCUT2D eigenvalue weighted by molar-refractivity contribution is 0.331. The molecular weight excluding hydrogens is 411 g/mol. The number of likely N-dealkylation sites (tertiary alicyclic amines) is 1. The molecule has 0 aromatic heterocycles. The highest BCUT2D eigenvalue weighted by Crippen LogP contribution is 2.13. The Bertz CT molecular complexity index is 467. The summed E-state index contributed by atoms with van der Waals surface area (Å²) < 4.78 is 0. The molecule has 2 N–H and O–H groups in total. The first-order valence-electron chi connectivity index (χ1n) is 9.14. The Labute approximate surface area is 164 Å². The molecule has 1 aromatic rings. The summed E-state index contributed by atoms with van der Waals surface area (Å²) in [5.41, 5.74) is 2.68. The van der Waals surface area contributed by atoms with Crippen LogP contribution in [0.25, 0.3) is 0 Å². The molecule has 24 heavy (non-hydrogen) atoms. The van der Waals surface area contributed by atoms with Crippen molar-refractivity contribution in [2.24, 2.45) is 4.99 Å². The zero-order chi connectivity index (χ0) is 16.3. The van der Waals surface area contributed by atoms with Gasteiger partial charge in [-0.15, -0.1) is 24.0 Å². The fraction of sp³-hybridized carbons (Fsp3) is 0.632. The third-order valence-electron chi connectivity index (χ3n) is 4.21. The molecule has 1 aliphatic heterocycles. The van der Waals surface area contributed by atoms with Gasteiger partial charge in [0.25, 0.3) is 0 Å². The van der Waals surface area contributed by atoms with E-state index in [2.05, 4.69) is 58.6 Å². The molecule has 1 fully saturated rings. The molecule has 0 saturated carbocycles. The van der Waals surface area contributed by atoms with E-state index < -0.39 is 0 Å². The Hall–Kier alpha value is -0.820. The van der Waals surface area contributed by atoms with Crippen LogP contribution in [0.5, 0.6) is 0 Å². The maximum atomic E-state index is 4.67. The monoisotopic (exact) mass is 444 g/mol. The molecule has 5 heteroatoms. The molecule has 0 amide bonds. The van der Waals surface area contributed by atoms with Gasteiger partial charge in [-0.05, 0) is 50.4 Å². The first-order chi connectivity index (χ1) is 11.3. The SMILES string of the molecule is CCCCNC(=NCc1ccc(CN2CCCC2)cc1)NCC.I. The van der Waals surface area contributed by atoms with Crippen LogP contribution in [-0.4, -0.2) is 37.0 Å². The average molecular weight is 444 g/mol. The highest BCUT2D eigenvalue weighted by atomic mass is 127. The minimum atomic E-state index is 0. The van der Waals surface area contributed by atoms with Crippen LogP contribution in [0.15, 0.2) is 29.3 Å². The molecule has 1 aliphatic rings. The van der Waals surface area contributed by atoms with Crippen molar-refractivity contribution < 1.29 is 0 Å². The molecule has 0 radical (unpaired) electrons. The molecule has 1 saturated heterocycles. The molecular formula is C19H33IN4. The number of rotatable bonds is 8. The number of aliphatic imine (C=N–C) groups is 1. The zero-order valence-electron chi connectivity index (χ0n) is 15.2. The number of guanidine groups is 1. The van der Waals surface area contributed by atoms with E-state index >= 15 is 0 Å². The van der Waals surface area contributed by atoms with Crippen molar-refractivity contribution in [1.82, 2.24) is 15.5 Å². The van der Waals surface area contributed by atoms with E-state index in [1.54, 1.807) is 0 Å². The van der Waals surface area contributed by atoms with Crippen LogP contribution in [0.1, 0.15) is 50.7 Å². The van der Waals surface area contributed by atoms with E-state index in [4.69, 9.17) is 0 Å². The highest BCUT2D eigenvalue weighted by Gasteiger charge is 2.11. The maximum Gasteiger partial charge on any atom is 0.191 e. The molecule has 0 spiro atoms. The summed E-state index contributed by atoms with van der Waals surface area (Å²) in [6, 6.07) is 8.93. The number of halogens is 1. The normalized spacial score (nSPS) is 15.2. The first-order valence-corrected chi connectivity index (χ1v) is 9.14. The van der Waals surface area contributed by atoms with Gasteiger partial charge in [-0.1, -0.05) is 37.6 Å². The second kappa shape index (κ2) is 12.5. The molecule has 2 rings (SSSR count). The van der Waals surface area contributed by atoms with Gasteiger partial charge in [-0.3, -0.25) is 4.90 Å². The van der Waals surface area contributed by atoms with E-state index in [9.17, 15) is 0 Å². The van der Waals surface area contributed by atoms with Crippen molar-refractivity contribution in [3.63, 3.8) is 0 Å². The molecule has 1 aromatic carbocycles. The zero-order valence-corrected chi connectivity index (χ0v) is 17.5. The Balaban J connectivity index is 0.00000288. The quantitative estimate of drug-likeness (QED) is 0.278. The number of nitrogens with zero attached hydrogens (tertiary/aromatic N) is 2. The Morgan fingerprint density at radius 1 is 1.04 bits per heavy atom. The smallest absolute Gasteiger partial charge is 0.191 e. The topological polar surface area (TPSA) is 39.7 Å². The minimum Gasteiger partial charge on any atom is -0.357 e. The van der Waals surface area contributed by atoms with Crippen LogP contribution in [0.3, 0.4) is 0 Å². The van der Waals surface area contributed by atoms with Crippen LogP contribution >= 0.6 is 24.0 Å². The number of unbranched alkanes of at least 4 members (excludes halogenated alkanes) is 1. The lowest BCUT2D eigenvalue weighted by Gasteiger charge is -2.14. The number of benzene rings is 1. The minimum absolute atomic E-state index is 0. The van der Waals surface area contributed by atoms with Crippen molar-refractivity contribution >= 4 is 29.9 Å². The molecule has 1 heterocycles. The van der Waals surface area contributed by atoms with E-state index in [-0.39, 0.29) is 24.0 Å². The lowest BCUT2D eigenvalue weighted by Crippen LogP contribution is -2.37. The average Bonchev–Trinajstić information content (AvgIpc) is 3.07. The standard InChI is InChI=1S/C19H32N4.HI/c1-3-5-12-21-19(20-4-2)22-15-17-8-10-18(11-9-17)16-23-13-6-7-14-23;/h8-11H,3-7,12-16H2,1-2H3,(H2,20,21,22);1H. The van der Waals surface area contributed by atoms with Gasteiger partial charge >= 0.3 is 0 Å².